The van der Waals surface area contributed by atoms with Crippen LogP contribution in [0.1, 0.15) is 58.4 Å². The lowest BCUT2D eigenvalue weighted by Crippen LogP contribution is -2.41. The monoisotopic (exact) mass is 615 g/mol. The third-order valence-corrected chi connectivity index (χ3v) is 8.29. The Balaban J connectivity index is 1.55. The van der Waals surface area contributed by atoms with Gasteiger partial charge in [-0.1, -0.05) is 94.2 Å². The smallest absolute Gasteiger partial charge is 0.321 e. The number of hydrogen-bond donors (Lipinski definition) is 2. The Morgan fingerprint density at radius 3 is 2.32 bits per heavy atom. The fraction of sp³-hybridized carbons (Fsp3) is 0.324. The van der Waals surface area contributed by atoms with Crippen LogP contribution in [0.5, 0.6) is 0 Å². The molecule has 3 rings (SSSR count). The number of nitrogens with one attached hydrogen (secondary N) is 1. The molecule has 0 radical (unpaired) electrons. The van der Waals surface area contributed by atoms with Gasteiger partial charge in [0, 0.05) is 6.42 Å². The van der Waals surface area contributed by atoms with Gasteiger partial charge in [0.2, 0.25) is 0 Å². The van der Waals surface area contributed by atoms with Crippen molar-refractivity contribution in [1.29, 1.82) is 0 Å². The first-order chi connectivity index (χ1) is 21.3. The molecule has 0 saturated carbocycles. The first-order valence-corrected chi connectivity index (χ1v) is 16.3. The van der Waals surface area contributed by atoms with Crippen LogP contribution in [0, 0.1) is 5.92 Å². The number of benzene rings is 1. The summed E-state index contributed by atoms with van der Waals surface area (Å²) in [7, 11) is -1.61. The van der Waals surface area contributed by atoms with Crippen molar-refractivity contribution in [2.24, 2.45) is 5.92 Å². The molecule has 1 aromatic rings. The predicted molar refractivity (Wildman–Crippen MR) is 181 cm³/mol. The van der Waals surface area contributed by atoms with Crippen molar-refractivity contribution >= 4 is 22.5 Å². The number of aliphatic carboxylic acids is 1. The van der Waals surface area contributed by atoms with Gasteiger partial charge in [0.05, 0.1) is 10.7 Å². The Kier molecular flexibility index (Phi) is 14.7. The summed E-state index contributed by atoms with van der Waals surface area (Å²) in [5, 5.41) is 9.38. The lowest BCUT2D eigenvalue weighted by Gasteiger charge is -2.17. The van der Waals surface area contributed by atoms with Crippen molar-refractivity contribution in [3.05, 3.63) is 132 Å². The third kappa shape index (κ3) is 11.6. The maximum atomic E-state index is 12.7. The Morgan fingerprint density at radius 1 is 0.955 bits per heavy atom. The first kappa shape index (κ1) is 34.5. The van der Waals surface area contributed by atoms with Gasteiger partial charge >= 0.3 is 5.97 Å². The molecule has 0 aromatic heterocycles. The summed E-state index contributed by atoms with van der Waals surface area (Å²) in [4.78, 5) is 12.0. The number of rotatable bonds is 15. The van der Waals surface area contributed by atoms with E-state index in [1.807, 2.05) is 24.3 Å². The number of carboxylic acid groups (broad SMARTS) is 1. The average molecular weight is 616 g/mol. The summed E-state index contributed by atoms with van der Waals surface area (Å²) in [5.74, 6) is 0.372. The van der Waals surface area contributed by atoms with Crippen molar-refractivity contribution in [3.63, 3.8) is 0 Å². The topological polar surface area (TPSA) is 84.9 Å². The van der Waals surface area contributed by atoms with Gasteiger partial charge in [0.1, 0.15) is 36.0 Å². The Morgan fingerprint density at radius 2 is 1.64 bits per heavy atom. The van der Waals surface area contributed by atoms with Crippen molar-refractivity contribution in [2.75, 3.05) is 13.2 Å². The van der Waals surface area contributed by atoms with E-state index in [4.69, 9.17) is 9.47 Å². The summed E-state index contributed by atoms with van der Waals surface area (Å²) in [6.45, 7) is 10.5. The molecule has 0 aliphatic heterocycles. The van der Waals surface area contributed by atoms with E-state index in [2.05, 4.69) is 72.9 Å². The molecule has 0 fully saturated rings. The molecule has 1 aromatic carbocycles. The van der Waals surface area contributed by atoms with E-state index in [-0.39, 0.29) is 5.92 Å². The zero-order chi connectivity index (χ0) is 31.7. The van der Waals surface area contributed by atoms with Crippen LogP contribution >= 0.6 is 0 Å². The van der Waals surface area contributed by atoms with Crippen LogP contribution in [0.3, 0.4) is 0 Å². The van der Waals surface area contributed by atoms with Gasteiger partial charge in [-0.05, 0) is 84.2 Å². The molecule has 0 amide bonds. The van der Waals surface area contributed by atoms with E-state index in [1.165, 1.54) is 5.57 Å². The summed E-state index contributed by atoms with van der Waals surface area (Å²) < 4.78 is 27.5. The molecule has 6 nitrogen and oxygen atoms in total. The van der Waals surface area contributed by atoms with Crippen molar-refractivity contribution in [2.45, 2.75) is 63.8 Å². The lowest BCUT2D eigenvalue weighted by atomic mass is 9.98. The Hall–Kier alpha value is -3.94. The second-order valence-corrected chi connectivity index (χ2v) is 12.0. The number of carboxylic acids is 1. The van der Waals surface area contributed by atoms with Crippen molar-refractivity contribution in [3.8, 4) is 0 Å². The zero-order valence-electron chi connectivity index (χ0n) is 26.0. The molecule has 44 heavy (non-hydrogen) atoms. The van der Waals surface area contributed by atoms with E-state index < -0.39 is 23.0 Å². The van der Waals surface area contributed by atoms with Crippen LogP contribution in [-0.2, 0) is 25.3 Å². The van der Waals surface area contributed by atoms with Gasteiger partial charge in [0.15, 0.2) is 0 Å². The second kappa shape index (κ2) is 18.7. The van der Waals surface area contributed by atoms with Gasteiger partial charge in [-0.15, -0.1) is 0 Å². The van der Waals surface area contributed by atoms with E-state index in [0.29, 0.717) is 23.9 Å². The molecule has 2 atom stereocenters. The van der Waals surface area contributed by atoms with Gasteiger partial charge in [0.25, 0.3) is 0 Å². The summed E-state index contributed by atoms with van der Waals surface area (Å²) >= 11 is 0. The summed E-state index contributed by atoms with van der Waals surface area (Å²) in [5.41, 5.74) is 4.48. The molecule has 0 heterocycles. The number of allylic oxidation sites excluding steroid dienone is 12. The average Bonchev–Trinajstić information content (AvgIpc) is 2.98. The Labute approximate surface area is 265 Å². The van der Waals surface area contributed by atoms with Gasteiger partial charge in [-0.2, -0.15) is 0 Å². The summed E-state index contributed by atoms with van der Waals surface area (Å²) in [6, 6.07) is 6.57. The summed E-state index contributed by atoms with van der Waals surface area (Å²) in [6.07, 6.45) is 29.0. The highest BCUT2D eigenvalue weighted by Gasteiger charge is 2.23. The molecule has 2 N–H and O–H groups in total. The minimum Gasteiger partial charge on any atom is -0.493 e. The molecule has 7 heteroatoms. The second-order valence-electron chi connectivity index (χ2n) is 10.8. The number of hydrogen-bond acceptors (Lipinski definition) is 4. The molecule has 2 aliphatic rings. The quantitative estimate of drug-likeness (QED) is 0.118. The largest absolute Gasteiger partial charge is 0.493 e. The molecule has 0 bridgehead atoms. The molecule has 0 saturated heterocycles. The number of carbonyl (C=O) groups is 1. The SMILES string of the molecule is C=C/C(=C\C=C(/CC)OC/C1=C/C/C=C(/c2ccc(S(=O)NC(C(=O)O)C(C)C)cc2)CC=C1)OC/C1=C/C/C=C\CC=C1. The molecular weight excluding hydrogens is 570 g/mol. The van der Waals surface area contributed by atoms with Crippen molar-refractivity contribution in [1.82, 2.24) is 4.72 Å². The molecule has 234 valence electrons. The van der Waals surface area contributed by atoms with Crippen LogP contribution in [0.15, 0.2) is 131 Å². The highest BCUT2D eigenvalue weighted by molar-refractivity contribution is 7.83. The first-order valence-electron chi connectivity index (χ1n) is 15.2. The van der Waals surface area contributed by atoms with E-state index in [0.717, 1.165) is 54.6 Å². The van der Waals surface area contributed by atoms with Gasteiger partial charge < -0.3 is 14.6 Å². The van der Waals surface area contributed by atoms with Gasteiger partial charge in [-0.25, -0.2) is 8.93 Å². The fourth-order valence-electron chi connectivity index (χ4n) is 4.48. The van der Waals surface area contributed by atoms with E-state index in [1.54, 1.807) is 32.1 Å². The number of ether oxygens (including phenoxy) is 2. The lowest BCUT2D eigenvalue weighted by molar-refractivity contribution is -0.140. The standard InChI is InChI=1S/C37H45NO5S/c1-5-33(42-26-29-14-10-8-7-9-11-15-29)22-23-34(6-2)43-27-30-16-12-18-31(19-13-17-30)32-20-24-35(25-21-32)44(41)38-36(28(3)4)37(39)40/h5,7-8,11-12,14-17,19-25,28,36,38H,1,6,9-10,13,18,26-27H2,2-4H3,(H,39,40)/b8-7-,15-11?,16-12?,29-14+,30-17+,31-19+,33-22+,34-23+. The maximum absolute atomic E-state index is 12.7. The van der Waals surface area contributed by atoms with E-state index >= 15 is 0 Å². The van der Waals surface area contributed by atoms with Crippen LogP contribution in [-0.4, -0.2) is 34.5 Å². The maximum Gasteiger partial charge on any atom is 0.321 e. The normalized spacial score (nSPS) is 21.6. The van der Waals surface area contributed by atoms with Crippen LogP contribution in [0.2, 0.25) is 0 Å². The van der Waals surface area contributed by atoms with Crippen molar-refractivity contribution < 1.29 is 23.6 Å². The highest BCUT2D eigenvalue weighted by Crippen LogP contribution is 2.24. The molecule has 0 spiro atoms. The molecule has 2 unspecified atom stereocenters. The fourth-order valence-corrected chi connectivity index (χ4v) is 5.60. The molecule has 2 aliphatic carbocycles. The van der Waals surface area contributed by atoms with Crippen LogP contribution in [0.4, 0.5) is 0 Å². The predicted octanol–water partition coefficient (Wildman–Crippen LogP) is 8.30. The highest BCUT2D eigenvalue weighted by atomic mass is 32.2. The molecular formula is C37H45NO5S. The third-order valence-electron chi connectivity index (χ3n) is 7.12. The minimum atomic E-state index is -1.61. The van der Waals surface area contributed by atoms with Gasteiger partial charge in [-0.3, -0.25) is 4.79 Å². The zero-order valence-corrected chi connectivity index (χ0v) is 26.9. The minimum absolute atomic E-state index is 0.183. The van der Waals surface area contributed by atoms with Crippen LogP contribution < -0.4 is 4.72 Å². The Bertz CT molecular complexity index is 1400. The van der Waals surface area contributed by atoms with E-state index in [9.17, 15) is 14.1 Å². The van der Waals surface area contributed by atoms with Crippen LogP contribution in [0.25, 0.3) is 5.57 Å².